The first-order valence-corrected chi connectivity index (χ1v) is 6.32. The highest BCUT2D eigenvalue weighted by Crippen LogP contribution is 2.24. The fourth-order valence-electron chi connectivity index (χ4n) is 2.17. The van der Waals surface area contributed by atoms with Crippen LogP contribution >= 0.6 is 11.5 Å². The van der Waals surface area contributed by atoms with Crippen molar-refractivity contribution >= 4 is 16.5 Å². The van der Waals surface area contributed by atoms with Crippen molar-refractivity contribution in [3.63, 3.8) is 0 Å². The van der Waals surface area contributed by atoms with Crippen molar-refractivity contribution in [3.05, 3.63) is 5.69 Å². The number of β-amino-alcohol motifs (C(OH)–C–C–N with tert-alkyl or cyclic N) is 1. The summed E-state index contributed by atoms with van der Waals surface area (Å²) in [5, 5.41) is 18.2. The molecular weight excluding hydrogens is 224 g/mol. The van der Waals surface area contributed by atoms with Crippen LogP contribution in [-0.4, -0.2) is 45.3 Å². The molecule has 90 valence electrons. The Hall–Kier alpha value is -0.720. The van der Waals surface area contributed by atoms with Gasteiger partial charge in [0.15, 0.2) is 0 Å². The van der Waals surface area contributed by atoms with Crippen LogP contribution in [-0.2, 0) is 6.54 Å². The molecule has 0 aromatic carbocycles. The zero-order valence-corrected chi connectivity index (χ0v) is 10.5. The van der Waals surface area contributed by atoms with E-state index in [0.717, 1.165) is 36.6 Å². The Morgan fingerprint density at radius 3 is 3.12 bits per heavy atom. The minimum atomic E-state index is -0.554. The SMILES string of the molecule is CNc1snnc1CN1CCCC(C)(O)C1. The molecule has 1 atom stereocenters. The highest BCUT2D eigenvalue weighted by atomic mass is 32.1. The van der Waals surface area contributed by atoms with E-state index in [1.165, 1.54) is 11.5 Å². The smallest absolute Gasteiger partial charge is 0.134 e. The van der Waals surface area contributed by atoms with Crippen LogP contribution in [0.3, 0.4) is 0 Å². The molecule has 5 nitrogen and oxygen atoms in total. The van der Waals surface area contributed by atoms with Gasteiger partial charge in [0.2, 0.25) is 0 Å². The van der Waals surface area contributed by atoms with E-state index in [0.29, 0.717) is 6.54 Å². The van der Waals surface area contributed by atoms with Gasteiger partial charge in [-0.3, -0.25) is 4.90 Å². The molecule has 2 rings (SSSR count). The lowest BCUT2D eigenvalue weighted by Gasteiger charge is -2.36. The Balaban J connectivity index is 1.99. The molecule has 16 heavy (non-hydrogen) atoms. The van der Waals surface area contributed by atoms with Gasteiger partial charge in [0.05, 0.1) is 5.60 Å². The monoisotopic (exact) mass is 242 g/mol. The molecule has 6 heteroatoms. The van der Waals surface area contributed by atoms with Gasteiger partial charge in [-0.15, -0.1) is 5.10 Å². The molecule has 1 aromatic heterocycles. The molecule has 2 heterocycles. The first-order chi connectivity index (χ1) is 7.61. The molecule has 1 unspecified atom stereocenters. The number of nitrogens with one attached hydrogen (secondary N) is 1. The lowest BCUT2D eigenvalue weighted by molar-refractivity contribution is -0.0184. The summed E-state index contributed by atoms with van der Waals surface area (Å²) in [6, 6.07) is 0. The summed E-state index contributed by atoms with van der Waals surface area (Å²) in [6.07, 6.45) is 1.93. The Kier molecular flexibility index (Phi) is 3.41. The molecule has 1 fully saturated rings. The Morgan fingerprint density at radius 2 is 2.44 bits per heavy atom. The second-order valence-corrected chi connectivity index (χ2v) is 5.36. The Labute approximate surface area is 99.6 Å². The van der Waals surface area contributed by atoms with E-state index >= 15 is 0 Å². The molecule has 1 aromatic rings. The average molecular weight is 242 g/mol. The zero-order chi connectivity index (χ0) is 11.6. The number of likely N-dealkylation sites (tertiary alicyclic amines) is 1. The van der Waals surface area contributed by atoms with Crippen LogP contribution in [0, 0.1) is 0 Å². The summed E-state index contributed by atoms with van der Waals surface area (Å²) < 4.78 is 3.93. The molecule has 1 aliphatic heterocycles. The molecule has 0 radical (unpaired) electrons. The molecular formula is C10H18N4OS. The summed E-state index contributed by atoms with van der Waals surface area (Å²) in [5.41, 5.74) is 0.423. The normalized spacial score (nSPS) is 26.9. The summed E-state index contributed by atoms with van der Waals surface area (Å²) >= 11 is 1.38. The van der Waals surface area contributed by atoms with E-state index in [-0.39, 0.29) is 0 Å². The van der Waals surface area contributed by atoms with E-state index in [4.69, 9.17) is 0 Å². The van der Waals surface area contributed by atoms with Gasteiger partial charge < -0.3 is 10.4 Å². The van der Waals surface area contributed by atoms with Gasteiger partial charge in [0.25, 0.3) is 0 Å². The van der Waals surface area contributed by atoms with E-state index in [9.17, 15) is 5.11 Å². The highest BCUT2D eigenvalue weighted by Gasteiger charge is 2.28. The predicted octanol–water partition coefficient (Wildman–Crippen LogP) is 0.927. The topological polar surface area (TPSA) is 61.3 Å². The maximum atomic E-state index is 10.0. The van der Waals surface area contributed by atoms with Crippen LogP contribution in [0.15, 0.2) is 0 Å². The van der Waals surface area contributed by atoms with E-state index < -0.39 is 5.60 Å². The molecule has 1 saturated heterocycles. The van der Waals surface area contributed by atoms with Crippen molar-refractivity contribution in [1.82, 2.24) is 14.5 Å². The maximum absolute atomic E-state index is 10.0. The number of rotatable bonds is 3. The van der Waals surface area contributed by atoms with Crippen molar-refractivity contribution in [3.8, 4) is 0 Å². The molecule has 0 amide bonds. The predicted molar refractivity (Wildman–Crippen MR) is 64.6 cm³/mol. The first kappa shape index (κ1) is 11.8. The quantitative estimate of drug-likeness (QED) is 0.825. The van der Waals surface area contributed by atoms with E-state index in [1.54, 1.807) is 0 Å². The van der Waals surface area contributed by atoms with Gasteiger partial charge in [-0.25, -0.2) is 0 Å². The van der Waals surface area contributed by atoms with Crippen molar-refractivity contribution in [1.29, 1.82) is 0 Å². The van der Waals surface area contributed by atoms with Crippen LogP contribution < -0.4 is 5.32 Å². The van der Waals surface area contributed by atoms with Gasteiger partial charge >= 0.3 is 0 Å². The lowest BCUT2D eigenvalue weighted by atomic mass is 9.95. The molecule has 0 aliphatic carbocycles. The third-order valence-corrected chi connectivity index (χ3v) is 3.70. The fourth-order valence-corrected chi connectivity index (χ4v) is 2.70. The van der Waals surface area contributed by atoms with Crippen LogP contribution in [0.4, 0.5) is 5.00 Å². The van der Waals surface area contributed by atoms with Crippen LogP contribution in [0.5, 0.6) is 0 Å². The van der Waals surface area contributed by atoms with Crippen molar-refractivity contribution in [2.24, 2.45) is 0 Å². The summed E-state index contributed by atoms with van der Waals surface area (Å²) in [4.78, 5) is 2.24. The second kappa shape index (κ2) is 4.65. The summed E-state index contributed by atoms with van der Waals surface area (Å²) in [7, 11) is 1.88. The maximum Gasteiger partial charge on any atom is 0.134 e. The molecule has 2 N–H and O–H groups in total. The van der Waals surface area contributed by atoms with E-state index in [2.05, 4.69) is 19.8 Å². The van der Waals surface area contributed by atoms with Crippen LogP contribution in [0.2, 0.25) is 0 Å². The third kappa shape index (κ3) is 2.69. The lowest BCUT2D eigenvalue weighted by Crippen LogP contribution is -2.45. The standard InChI is InChI=1S/C10H18N4OS/c1-10(15)4-3-5-14(7-10)6-8-9(11-2)16-13-12-8/h11,15H,3-7H2,1-2H3. The largest absolute Gasteiger partial charge is 0.389 e. The fraction of sp³-hybridized carbons (Fsp3) is 0.800. The number of piperidine rings is 1. The van der Waals surface area contributed by atoms with Gasteiger partial charge in [0, 0.05) is 31.7 Å². The zero-order valence-electron chi connectivity index (χ0n) is 9.73. The molecule has 0 spiro atoms. The number of anilines is 1. The van der Waals surface area contributed by atoms with Gasteiger partial charge in [0.1, 0.15) is 10.7 Å². The summed E-state index contributed by atoms with van der Waals surface area (Å²) in [6.45, 7) is 4.41. The van der Waals surface area contributed by atoms with Crippen LogP contribution in [0.25, 0.3) is 0 Å². The van der Waals surface area contributed by atoms with Crippen molar-refractivity contribution in [2.75, 3.05) is 25.5 Å². The summed E-state index contributed by atoms with van der Waals surface area (Å²) in [5.74, 6) is 0. The van der Waals surface area contributed by atoms with Gasteiger partial charge in [-0.1, -0.05) is 4.49 Å². The number of hydrogen-bond donors (Lipinski definition) is 2. The highest BCUT2D eigenvalue weighted by molar-refractivity contribution is 7.10. The second-order valence-electron chi connectivity index (χ2n) is 4.61. The average Bonchev–Trinajstić information content (AvgIpc) is 2.63. The third-order valence-electron chi connectivity index (χ3n) is 2.91. The number of hydrogen-bond acceptors (Lipinski definition) is 6. The minimum absolute atomic E-state index is 0.554. The van der Waals surface area contributed by atoms with Crippen molar-refractivity contribution in [2.45, 2.75) is 31.9 Å². The van der Waals surface area contributed by atoms with Gasteiger partial charge in [-0.2, -0.15) is 0 Å². The molecule has 0 bridgehead atoms. The van der Waals surface area contributed by atoms with Crippen molar-refractivity contribution < 1.29 is 5.11 Å². The molecule has 0 saturated carbocycles. The van der Waals surface area contributed by atoms with Crippen LogP contribution in [0.1, 0.15) is 25.5 Å². The number of nitrogens with zero attached hydrogens (tertiary/aromatic N) is 3. The minimum Gasteiger partial charge on any atom is -0.389 e. The Bertz CT molecular complexity index is 352. The van der Waals surface area contributed by atoms with Gasteiger partial charge in [-0.05, 0) is 26.3 Å². The van der Waals surface area contributed by atoms with E-state index in [1.807, 2.05) is 14.0 Å². The first-order valence-electron chi connectivity index (χ1n) is 5.54. The Morgan fingerprint density at radius 1 is 1.62 bits per heavy atom. The number of aromatic nitrogens is 2. The number of aliphatic hydroxyl groups is 1. The molecule has 1 aliphatic rings.